The summed E-state index contributed by atoms with van der Waals surface area (Å²) in [5, 5.41) is 15.9. The number of aromatic nitrogens is 2. The highest BCUT2D eigenvalue weighted by atomic mass is 16.3. The van der Waals surface area contributed by atoms with Gasteiger partial charge in [0, 0.05) is 10.8 Å². The third-order valence-electron chi connectivity index (χ3n) is 2.86. The Morgan fingerprint density at radius 2 is 2.29 bits per heavy atom. The van der Waals surface area contributed by atoms with Crippen LogP contribution in [0.4, 0.5) is 0 Å². The molecule has 0 radical (unpaired) electrons. The van der Waals surface area contributed by atoms with Crippen molar-refractivity contribution in [3.05, 3.63) is 30.2 Å². The first-order valence-corrected chi connectivity index (χ1v) is 5.68. The molecular weight excluding hydrogens is 216 g/mol. The third kappa shape index (κ3) is 1.61. The van der Waals surface area contributed by atoms with Crippen molar-refractivity contribution in [1.29, 1.82) is 0 Å². The van der Waals surface area contributed by atoms with Gasteiger partial charge in [-0.15, -0.1) is 0 Å². The van der Waals surface area contributed by atoms with E-state index in [1.54, 1.807) is 6.92 Å². The summed E-state index contributed by atoms with van der Waals surface area (Å²) >= 11 is 0. The molecule has 1 atom stereocenters. The number of aliphatic hydroxyl groups is 1. The minimum Gasteiger partial charge on any atom is -0.461 e. The van der Waals surface area contributed by atoms with Gasteiger partial charge in [0.15, 0.2) is 0 Å². The number of aliphatic hydroxyl groups excluding tert-OH is 1. The fourth-order valence-electron chi connectivity index (χ4n) is 2.21. The highest BCUT2D eigenvalue weighted by molar-refractivity contribution is 6.03. The maximum absolute atomic E-state index is 9.48. The third-order valence-corrected chi connectivity index (χ3v) is 2.86. The van der Waals surface area contributed by atoms with E-state index in [1.165, 1.54) is 0 Å². The number of fused-ring (bicyclic) bond motifs is 3. The van der Waals surface area contributed by atoms with Crippen LogP contribution in [0.25, 0.3) is 21.9 Å². The Bertz CT molecular complexity index is 679. The Kier molecular flexibility index (Phi) is 2.19. The summed E-state index contributed by atoms with van der Waals surface area (Å²) in [6.07, 6.45) is 1.40. The smallest absolute Gasteiger partial charge is 0.136 e. The van der Waals surface area contributed by atoms with E-state index in [0.717, 1.165) is 27.6 Å². The fourth-order valence-corrected chi connectivity index (χ4v) is 2.21. The van der Waals surface area contributed by atoms with Gasteiger partial charge in [-0.05, 0) is 32.0 Å². The van der Waals surface area contributed by atoms with Crippen LogP contribution in [-0.4, -0.2) is 21.0 Å². The van der Waals surface area contributed by atoms with Crippen LogP contribution in [0.1, 0.15) is 12.7 Å². The molecule has 3 rings (SSSR count). The quantitative estimate of drug-likeness (QED) is 0.735. The number of rotatable bonds is 2. The highest BCUT2D eigenvalue weighted by Crippen LogP contribution is 2.27. The van der Waals surface area contributed by atoms with Crippen LogP contribution in [0, 0.1) is 6.92 Å². The molecule has 0 saturated heterocycles. The van der Waals surface area contributed by atoms with Crippen molar-refractivity contribution in [3.63, 3.8) is 0 Å². The molecule has 0 saturated carbocycles. The van der Waals surface area contributed by atoms with Gasteiger partial charge in [0.1, 0.15) is 11.3 Å². The molecule has 0 fully saturated rings. The average Bonchev–Trinajstić information content (AvgIpc) is 2.79. The first-order valence-electron chi connectivity index (χ1n) is 5.68. The van der Waals surface area contributed by atoms with E-state index >= 15 is 0 Å². The Labute approximate surface area is 98.5 Å². The van der Waals surface area contributed by atoms with Crippen molar-refractivity contribution in [1.82, 2.24) is 9.78 Å². The molecule has 88 valence electrons. The van der Waals surface area contributed by atoms with Crippen LogP contribution in [-0.2, 0) is 6.54 Å². The average molecular weight is 230 g/mol. The predicted octanol–water partition coefficient (Wildman–Crippen LogP) is 2.47. The molecule has 4 heteroatoms. The molecule has 1 N–H and O–H groups in total. The van der Waals surface area contributed by atoms with Gasteiger partial charge < -0.3 is 9.52 Å². The molecule has 2 heterocycles. The molecule has 4 nitrogen and oxygen atoms in total. The lowest BCUT2D eigenvalue weighted by molar-refractivity contribution is 0.170. The topological polar surface area (TPSA) is 51.2 Å². The zero-order valence-corrected chi connectivity index (χ0v) is 9.84. The Morgan fingerprint density at radius 1 is 1.47 bits per heavy atom. The number of hydrogen-bond acceptors (Lipinski definition) is 3. The van der Waals surface area contributed by atoms with Crippen molar-refractivity contribution >= 4 is 21.9 Å². The van der Waals surface area contributed by atoms with Crippen molar-refractivity contribution < 1.29 is 9.52 Å². The minimum atomic E-state index is -0.415. The summed E-state index contributed by atoms with van der Waals surface area (Å²) < 4.78 is 7.43. The molecule has 1 unspecified atom stereocenters. The molecule has 0 spiro atoms. The van der Waals surface area contributed by atoms with Gasteiger partial charge in [-0.1, -0.05) is 0 Å². The van der Waals surface area contributed by atoms with Crippen molar-refractivity contribution in [2.75, 3.05) is 0 Å². The summed E-state index contributed by atoms with van der Waals surface area (Å²) in [5.41, 5.74) is 1.89. The van der Waals surface area contributed by atoms with E-state index in [4.69, 9.17) is 4.42 Å². The van der Waals surface area contributed by atoms with Crippen LogP contribution >= 0.6 is 0 Å². The lowest BCUT2D eigenvalue weighted by Crippen LogP contribution is -2.12. The first-order chi connectivity index (χ1) is 8.15. The van der Waals surface area contributed by atoms with Gasteiger partial charge in [0.05, 0.1) is 24.4 Å². The van der Waals surface area contributed by atoms with Gasteiger partial charge in [-0.2, -0.15) is 5.10 Å². The van der Waals surface area contributed by atoms with Gasteiger partial charge in [0.25, 0.3) is 0 Å². The molecule has 17 heavy (non-hydrogen) atoms. The summed E-state index contributed by atoms with van der Waals surface area (Å²) in [7, 11) is 0. The lowest BCUT2D eigenvalue weighted by atomic mass is 10.2. The van der Waals surface area contributed by atoms with Gasteiger partial charge >= 0.3 is 0 Å². The number of nitrogens with zero attached hydrogens (tertiary/aromatic N) is 2. The number of hydrogen-bond donors (Lipinski definition) is 1. The van der Waals surface area contributed by atoms with E-state index < -0.39 is 6.10 Å². The van der Waals surface area contributed by atoms with Gasteiger partial charge in [-0.25, -0.2) is 0 Å². The van der Waals surface area contributed by atoms with Crippen molar-refractivity contribution in [2.24, 2.45) is 0 Å². The van der Waals surface area contributed by atoms with Crippen LogP contribution in [0.3, 0.4) is 0 Å². The van der Waals surface area contributed by atoms with Gasteiger partial charge in [-0.3, -0.25) is 4.68 Å². The standard InChI is InChI=1S/C13H14N2O2/c1-8(16)7-15-13-10(6-14-15)3-4-12-11(13)5-9(2)17-12/h3-6,8,16H,7H2,1-2H3. The number of aryl methyl sites for hydroxylation is 1. The minimum absolute atomic E-state index is 0.415. The molecule has 2 aromatic heterocycles. The molecule has 3 aromatic rings. The van der Waals surface area contributed by atoms with E-state index in [0.29, 0.717) is 6.54 Å². The van der Waals surface area contributed by atoms with Crippen LogP contribution < -0.4 is 0 Å². The maximum Gasteiger partial charge on any atom is 0.136 e. The second kappa shape index (κ2) is 3.60. The summed E-state index contributed by atoms with van der Waals surface area (Å²) in [4.78, 5) is 0. The molecule has 0 aliphatic heterocycles. The van der Waals surface area contributed by atoms with E-state index in [-0.39, 0.29) is 0 Å². The van der Waals surface area contributed by atoms with Gasteiger partial charge in [0.2, 0.25) is 0 Å². The van der Waals surface area contributed by atoms with Crippen LogP contribution in [0.5, 0.6) is 0 Å². The van der Waals surface area contributed by atoms with Crippen LogP contribution in [0.2, 0.25) is 0 Å². The molecule has 1 aromatic carbocycles. The number of benzene rings is 1. The largest absolute Gasteiger partial charge is 0.461 e. The summed E-state index contributed by atoms with van der Waals surface area (Å²) in [6, 6.07) is 5.96. The SMILES string of the molecule is Cc1cc2c(ccc3cnn(CC(C)O)c32)o1. The Hall–Kier alpha value is -1.81. The Balaban J connectivity index is 2.33. The monoisotopic (exact) mass is 230 g/mol. The summed E-state index contributed by atoms with van der Waals surface area (Å²) in [6.45, 7) is 4.18. The molecule has 0 aliphatic carbocycles. The first kappa shape index (κ1) is 10.4. The molecule has 0 aliphatic rings. The molecule has 0 bridgehead atoms. The highest BCUT2D eigenvalue weighted by Gasteiger charge is 2.11. The fraction of sp³-hybridized carbons (Fsp3) is 0.308. The zero-order valence-electron chi connectivity index (χ0n) is 9.84. The van der Waals surface area contributed by atoms with E-state index in [1.807, 2.05) is 36.0 Å². The summed E-state index contributed by atoms with van der Waals surface area (Å²) in [5.74, 6) is 0.886. The van der Waals surface area contributed by atoms with Crippen molar-refractivity contribution in [2.45, 2.75) is 26.5 Å². The number of furan rings is 1. The maximum atomic E-state index is 9.48. The predicted molar refractivity (Wildman–Crippen MR) is 65.9 cm³/mol. The van der Waals surface area contributed by atoms with Crippen molar-refractivity contribution in [3.8, 4) is 0 Å². The molecular formula is C13H14N2O2. The zero-order chi connectivity index (χ0) is 12.0. The second-order valence-corrected chi connectivity index (χ2v) is 4.45. The second-order valence-electron chi connectivity index (χ2n) is 4.45. The van der Waals surface area contributed by atoms with Crippen LogP contribution in [0.15, 0.2) is 28.8 Å². The van der Waals surface area contributed by atoms with E-state index in [2.05, 4.69) is 5.10 Å². The lowest BCUT2D eigenvalue weighted by Gasteiger charge is -2.06. The van der Waals surface area contributed by atoms with E-state index in [9.17, 15) is 5.11 Å². The normalized spacial score (nSPS) is 13.6. The Morgan fingerprint density at radius 3 is 3.06 bits per heavy atom. The molecule has 0 amide bonds.